The third-order valence-electron chi connectivity index (χ3n) is 2.45. The first-order valence-electron chi connectivity index (χ1n) is 5.31. The molecule has 0 saturated heterocycles. The van der Waals surface area contributed by atoms with Gasteiger partial charge >= 0.3 is 0 Å². The van der Waals surface area contributed by atoms with Gasteiger partial charge in [0.15, 0.2) is 0 Å². The maximum absolute atomic E-state index is 5.65. The molecule has 1 aromatic carbocycles. The van der Waals surface area contributed by atoms with Crippen molar-refractivity contribution >= 4 is 5.82 Å². The quantitative estimate of drug-likeness (QED) is 0.817. The van der Waals surface area contributed by atoms with Gasteiger partial charge < -0.3 is 11.5 Å². The van der Waals surface area contributed by atoms with Crippen molar-refractivity contribution in [2.24, 2.45) is 5.73 Å². The molecule has 82 valence electrons. The molecule has 0 amide bonds. The summed E-state index contributed by atoms with van der Waals surface area (Å²) in [4.78, 5) is 4.27. The molecule has 2 aromatic rings. The predicted octanol–water partition coefficient (Wildman–Crippen LogP) is 1.83. The maximum atomic E-state index is 5.65. The number of pyridine rings is 1. The van der Waals surface area contributed by atoms with Crippen molar-refractivity contribution in [1.82, 2.24) is 4.98 Å². The summed E-state index contributed by atoms with van der Waals surface area (Å²) in [6, 6.07) is 13.9. The summed E-state index contributed by atoms with van der Waals surface area (Å²) in [6.07, 6.45) is 0.907. The van der Waals surface area contributed by atoms with E-state index >= 15 is 0 Å². The monoisotopic (exact) mass is 213 g/mol. The molecule has 3 heteroatoms. The van der Waals surface area contributed by atoms with Crippen molar-refractivity contribution in [2.45, 2.75) is 6.42 Å². The van der Waals surface area contributed by atoms with Crippen molar-refractivity contribution in [3.05, 3.63) is 48.0 Å². The second-order valence-corrected chi connectivity index (χ2v) is 3.68. The molecule has 0 spiro atoms. The van der Waals surface area contributed by atoms with E-state index < -0.39 is 0 Å². The highest BCUT2D eigenvalue weighted by Gasteiger charge is 1.99. The van der Waals surface area contributed by atoms with Gasteiger partial charge in [0.05, 0.1) is 5.69 Å². The first kappa shape index (κ1) is 10.6. The number of rotatable bonds is 3. The molecule has 0 radical (unpaired) electrons. The summed E-state index contributed by atoms with van der Waals surface area (Å²) in [5.41, 5.74) is 14.4. The Kier molecular flexibility index (Phi) is 3.17. The zero-order valence-corrected chi connectivity index (χ0v) is 9.06. The molecule has 4 N–H and O–H groups in total. The number of anilines is 1. The number of hydrogen-bond donors (Lipinski definition) is 2. The summed E-state index contributed by atoms with van der Waals surface area (Å²) in [5, 5.41) is 0. The molecule has 0 atom stereocenters. The van der Waals surface area contributed by atoms with Crippen LogP contribution in [0.5, 0.6) is 0 Å². The van der Waals surface area contributed by atoms with E-state index in [1.54, 1.807) is 6.07 Å². The van der Waals surface area contributed by atoms with Gasteiger partial charge in [0.1, 0.15) is 5.82 Å². The van der Waals surface area contributed by atoms with Crippen molar-refractivity contribution in [3.63, 3.8) is 0 Å². The number of nitrogen functional groups attached to an aromatic ring is 1. The fourth-order valence-corrected chi connectivity index (χ4v) is 1.62. The SMILES string of the molecule is NCCc1ccc(-c2cccc(N)n2)cc1. The molecule has 0 aliphatic rings. The van der Waals surface area contributed by atoms with E-state index in [2.05, 4.69) is 17.1 Å². The minimum Gasteiger partial charge on any atom is -0.384 e. The zero-order valence-electron chi connectivity index (χ0n) is 9.06. The molecule has 0 bridgehead atoms. The van der Waals surface area contributed by atoms with Gasteiger partial charge in [0.25, 0.3) is 0 Å². The summed E-state index contributed by atoms with van der Waals surface area (Å²) in [5.74, 6) is 0.545. The first-order valence-corrected chi connectivity index (χ1v) is 5.31. The normalized spacial score (nSPS) is 10.3. The molecule has 0 unspecified atom stereocenters. The van der Waals surface area contributed by atoms with E-state index in [4.69, 9.17) is 11.5 Å². The van der Waals surface area contributed by atoms with Crippen molar-refractivity contribution in [1.29, 1.82) is 0 Å². The number of hydrogen-bond acceptors (Lipinski definition) is 3. The van der Waals surface area contributed by atoms with Gasteiger partial charge in [-0.3, -0.25) is 0 Å². The van der Waals surface area contributed by atoms with E-state index in [9.17, 15) is 0 Å². The molecule has 1 heterocycles. The fourth-order valence-electron chi connectivity index (χ4n) is 1.62. The van der Waals surface area contributed by atoms with E-state index in [0.29, 0.717) is 12.4 Å². The largest absolute Gasteiger partial charge is 0.384 e. The van der Waals surface area contributed by atoms with Crippen LogP contribution in [0.3, 0.4) is 0 Å². The van der Waals surface area contributed by atoms with Gasteiger partial charge in [0, 0.05) is 5.56 Å². The van der Waals surface area contributed by atoms with Crippen molar-refractivity contribution in [3.8, 4) is 11.3 Å². The molecule has 2 rings (SSSR count). The van der Waals surface area contributed by atoms with Gasteiger partial charge in [-0.25, -0.2) is 4.98 Å². The smallest absolute Gasteiger partial charge is 0.124 e. The maximum Gasteiger partial charge on any atom is 0.124 e. The lowest BCUT2D eigenvalue weighted by Crippen LogP contribution is -2.02. The van der Waals surface area contributed by atoms with Crippen LogP contribution in [0.25, 0.3) is 11.3 Å². The number of nitrogens with two attached hydrogens (primary N) is 2. The van der Waals surface area contributed by atoms with Gasteiger partial charge in [-0.05, 0) is 30.7 Å². The highest BCUT2D eigenvalue weighted by atomic mass is 14.8. The predicted molar refractivity (Wildman–Crippen MR) is 66.8 cm³/mol. The lowest BCUT2D eigenvalue weighted by Gasteiger charge is -2.03. The Morgan fingerprint density at radius 3 is 2.38 bits per heavy atom. The number of aromatic nitrogens is 1. The van der Waals surface area contributed by atoms with Crippen LogP contribution in [0, 0.1) is 0 Å². The van der Waals surface area contributed by atoms with E-state index in [-0.39, 0.29) is 0 Å². The van der Waals surface area contributed by atoms with E-state index in [1.807, 2.05) is 24.3 Å². The standard InChI is InChI=1S/C13H15N3/c14-9-8-10-4-6-11(7-5-10)12-2-1-3-13(15)16-12/h1-7H,8-9,14H2,(H2,15,16). The van der Waals surface area contributed by atoms with Crippen LogP contribution < -0.4 is 11.5 Å². The number of nitrogens with zero attached hydrogens (tertiary/aromatic N) is 1. The Labute approximate surface area is 95.1 Å². The third kappa shape index (κ3) is 2.38. The molecular weight excluding hydrogens is 198 g/mol. The van der Waals surface area contributed by atoms with E-state index in [0.717, 1.165) is 17.7 Å². The molecule has 0 aliphatic carbocycles. The second kappa shape index (κ2) is 4.77. The summed E-state index contributed by atoms with van der Waals surface area (Å²) in [7, 11) is 0. The Morgan fingerprint density at radius 1 is 1.00 bits per heavy atom. The highest BCUT2D eigenvalue weighted by Crippen LogP contribution is 2.18. The molecule has 1 aromatic heterocycles. The average Bonchev–Trinajstić information content (AvgIpc) is 2.30. The van der Waals surface area contributed by atoms with Gasteiger partial charge in [-0.15, -0.1) is 0 Å². The Hall–Kier alpha value is -1.87. The third-order valence-corrected chi connectivity index (χ3v) is 2.45. The van der Waals surface area contributed by atoms with Crippen molar-refractivity contribution in [2.75, 3.05) is 12.3 Å². The Morgan fingerprint density at radius 2 is 1.75 bits per heavy atom. The van der Waals surface area contributed by atoms with Crippen LogP contribution >= 0.6 is 0 Å². The minimum absolute atomic E-state index is 0.545. The van der Waals surface area contributed by atoms with E-state index in [1.165, 1.54) is 5.56 Å². The van der Waals surface area contributed by atoms with Crippen LogP contribution in [0.15, 0.2) is 42.5 Å². The van der Waals surface area contributed by atoms with Crippen LogP contribution in [-0.4, -0.2) is 11.5 Å². The van der Waals surface area contributed by atoms with Crippen LogP contribution in [-0.2, 0) is 6.42 Å². The lowest BCUT2D eigenvalue weighted by atomic mass is 10.1. The average molecular weight is 213 g/mol. The molecule has 0 fully saturated rings. The molecule has 3 nitrogen and oxygen atoms in total. The van der Waals surface area contributed by atoms with Crippen molar-refractivity contribution < 1.29 is 0 Å². The first-order chi connectivity index (χ1) is 7.79. The molecule has 16 heavy (non-hydrogen) atoms. The summed E-state index contributed by atoms with van der Waals surface area (Å²) < 4.78 is 0. The molecule has 0 aliphatic heterocycles. The van der Waals surface area contributed by atoms with Crippen LogP contribution in [0.1, 0.15) is 5.56 Å². The zero-order chi connectivity index (χ0) is 11.4. The van der Waals surface area contributed by atoms with Gasteiger partial charge in [0.2, 0.25) is 0 Å². The summed E-state index contributed by atoms with van der Waals surface area (Å²) >= 11 is 0. The minimum atomic E-state index is 0.545. The molecular formula is C13H15N3. The Bertz CT molecular complexity index is 463. The van der Waals surface area contributed by atoms with Gasteiger partial charge in [-0.2, -0.15) is 0 Å². The summed E-state index contributed by atoms with van der Waals surface area (Å²) in [6.45, 7) is 0.676. The fraction of sp³-hybridized carbons (Fsp3) is 0.154. The topological polar surface area (TPSA) is 64.9 Å². The van der Waals surface area contributed by atoms with Crippen LogP contribution in [0.4, 0.5) is 5.82 Å². The van der Waals surface area contributed by atoms with Crippen LogP contribution in [0.2, 0.25) is 0 Å². The molecule has 0 saturated carbocycles. The second-order valence-electron chi connectivity index (χ2n) is 3.68. The van der Waals surface area contributed by atoms with Gasteiger partial charge in [-0.1, -0.05) is 30.3 Å². The Balaban J connectivity index is 2.27. The highest BCUT2D eigenvalue weighted by molar-refractivity contribution is 5.61. The lowest BCUT2D eigenvalue weighted by molar-refractivity contribution is 0.969. The number of benzene rings is 1.